The number of esters is 1. The molecule has 0 saturated heterocycles. The van der Waals surface area contributed by atoms with Gasteiger partial charge in [-0.1, -0.05) is 6.92 Å². The highest BCUT2D eigenvalue weighted by molar-refractivity contribution is 5.83. The number of anilines is 1. The van der Waals surface area contributed by atoms with Crippen LogP contribution in [0.4, 0.5) is 10.1 Å². The minimum Gasteiger partial charge on any atom is -0.466 e. The Kier molecular flexibility index (Phi) is 4.51. The second-order valence-corrected chi connectivity index (χ2v) is 3.18. The normalized spacial score (nSPS) is 11.1. The smallest absolute Gasteiger partial charge is 0.332 e. The summed E-state index contributed by atoms with van der Waals surface area (Å²) >= 11 is 0. The van der Waals surface area contributed by atoms with Crippen LogP contribution in [-0.2, 0) is 9.53 Å². The summed E-state index contributed by atoms with van der Waals surface area (Å²) < 4.78 is 17.2. The fourth-order valence-corrected chi connectivity index (χ4v) is 1.15. The second-order valence-electron chi connectivity index (χ2n) is 3.18. The van der Waals surface area contributed by atoms with Gasteiger partial charge in [-0.25, -0.2) is 9.18 Å². The zero-order chi connectivity index (χ0) is 12.0. The first-order valence-corrected chi connectivity index (χ1v) is 4.96. The number of hydrogen-bond donors (Lipinski definition) is 1. The molecule has 0 spiro atoms. The molecule has 0 bridgehead atoms. The number of ether oxygens (including phenoxy) is 1. The van der Waals surface area contributed by atoms with Gasteiger partial charge in [-0.05, 0) is 30.7 Å². The van der Waals surface area contributed by atoms with E-state index < -0.39 is 5.97 Å². The Labute approximate surface area is 93.9 Å². The van der Waals surface area contributed by atoms with Gasteiger partial charge in [0.05, 0.1) is 7.11 Å². The number of allylic oxidation sites excluding steroid dienone is 1. The van der Waals surface area contributed by atoms with Crippen LogP contribution >= 0.6 is 0 Å². The summed E-state index contributed by atoms with van der Waals surface area (Å²) in [5, 5.41) is 3.01. The average molecular weight is 223 g/mol. The lowest BCUT2D eigenvalue weighted by Gasteiger charge is -2.08. The van der Waals surface area contributed by atoms with E-state index in [0.29, 0.717) is 6.42 Å². The van der Waals surface area contributed by atoms with Crippen LogP contribution < -0.4 is 5.32 Å². The average Bonchev–Trinajstić information content (AvgIpc) is 2.30. The molecule has 1 N–H and O–H groups in total. The summed E-state index contributed by atoms with van der Waals surface area (Å²) in [6.07, 6.45) is 2.04. The lowest BCUT2D eigenvalue weighted by Crippen LogP contribution is -2.03. The maximum atomic E-state index is 12.7. The molecular formula is C12H14FNO2. The molecule has 0 aliphatic heterocycles. The van der Waals surface area contributed by atoms with Crippen LogP contribution in [0.25, 0.3) is 0 Å². The lowest BCUT2D eigenvalue weighted by atomic mass is 10.2. The van der Waals surface area contributed by atoms with Crippen LogP contribution in [-0.4, -0.2) is 13.1 Å². The largest absolute Gasteiger partial charge is 0.466 e. The Balaban J connectivity index is 2.74. The van der Waals surface area contributed by atoms with Crippen molar-refractivity contribution >= 4 is 11.7 Å². The predicted molar refractivity (Wildman–Crippen MR) is 60.4 cm³/mol. The van der Waals surface area contributed by atoms with Crippen molar-refractivity contribution in [2.45, 2.75) is 13.3 Å². The van der Waals surface area contributed by atoms with Crippen molar-refractivity contribution in [3.05, 3.63) is 41.9 Å². The molecule has 0 saturated carbocycles. The summed E-state index contributed by atoms with van der Waals surface area (Å²) in [6, 6.07) is 5.92. The molecule has 0 fully saturated rings. The fraction of sp³-hybridized carbons (Fsp3) is 0.250. The number of methoxy groups -OCH3 is 1. The van der Waals surface area contributed by atoms with E-state index in [0.717, 1.165) is 11.4 Å². The number of carbonyl (C=O) groups excluding carboxylic acids is 1. The quantitative estimate of drug-likeness (QED) is 0.630. The number of nitrogens with one attached hydrogen (secondary N) is 1. The van der Waals surface area contributed by atoms with Gasteiger partial charge in [-0.2, -0.15) is 0 Å². The Morgan fingerprint density at radius 1 is 1.44 bits per heavy atom. The molecule has 1 aromatic rings. The van der Waals surface area contributed by atoms with Gasteiger partial charge in [0.1, 0.15) is 5.82 Å². The van der Waals surface area contributed by atoms with Crippen molar-refractivity contribution in [2.75, 3.05) is 12.4 Å². The van der Waals surface area contributed by atoms with E-state index in [9.17, 15) is 9.18 Å². The molecule has 16 heavy (non-hydrogen) atoms. The molecule has 1 rings (SSSR count). The van der Waals surface area contributed by atoms with Crippen LogP contribution in [0, 0.1) is 5.82 Å². The molecule has 0 aromatic heterocycles. The van der Waals surface area contributed by atoms with Crippen molar-refractivity contribution in [1.82, 2.24) is 0 Å². The predicted octanol–water partition coefficient (Wildman–Crippen LogP) is 2.70. The van der Waals surface area contributed by atoms with E-state index in [2.05, 4.69) is 10.1 Å². The SMILES string of the molecule is CC/C(=C\C(=O)OC)Nc1ccc(F)cc1. The third kappa shape index (κ3) is 3.73. The third-order valence-corrected chi connectivity index (χ3v) is 2.02. The van der Waals surface area contributed by atoms with Crippen LogP contribution in [0.5, 0.6) is 0 Å². The minimum absolute atomic E-state index is 0.291. The summed E-state index contributed by atoms with van der Waals surface area (Å²) in [4.78, 5) is 11.0. The molecule has 0 unspecified atom stereocenters. The highest BCUT2D eigenvalue weighted by Gasteiger charge is 2.00. The van der Waals surface area contributed by atoms with E-state index in [-0.39, 0.29) is 5.82 Å². The number of hydrogen-bond acceptors (Lipinski definition) is 3. The van der Waals surface area contributed by atoms with Gasteiger partial charge in [-0.15, -0.1) is 0 Å². The molecular weight excluding hydrogens is 209 g/mol. The van der Waals surface area contributed by atoms with Gasteiger partial charge in [0.25, 0.3) is 0 Å². The molecule has 0 heterocycles. The summed E-state index contributed by atoms with van der Waals surface area (Å²) in [6.45, 7) is 1.91. The van der Waals surface area contributed by atoms with Gasteiger partial charge < -0.3 is 10.1 Å². The maximum Gasteiger partial charge on any atom is 0.332 e. The molecule has 4 heteroatoms. The fourth-order valence-electron chi connectivity index (χ4n) is 1.15. The zero-order valence-electron chi connectivity index (χ0n) is 9.29. The highest BCUT2D eigenvalue weighted by Crippen LogP contribution is 2.12. The van der Waals surface area contributed by atoms with Gasteiger partial charge in [0.15, 0.2) is 0 Å². The molecule has 0 aliphatic carbocycles. The van der Waals surface area contributed by atoms with Gasteiger partial charge >= 0.3 is 5.97 Å². The third-order valence-electron chi connectivity index (χ3n) is 2.02. The lowest BCUT2D eigenvalue weighted by molar-refractivity contribution is -0.134. The first kappa shape index (κ1) is 12.2. The van der Waals surface area contributed by atoms with Crippen molar-refractivity contribution in [2.24, 2.45) is 0 Å². The Hall–Kier alpha value is -1.84. The molecule has 1 aromatic carbocycles. The van der Waals surface area contributed by atoms with Gasteiger partial charge in [-0.3, -0.25) is 0 Å². The van der Waals surface area contributed by atoms with Crippen molar-refractivity contribution in [1.29, 1.82) is 0 Å². The van der Waals surface area contributed by atoms with E-state index in [1.165, 1.54) is 25.3 Å². The van der Waals surface area contributed by atoms with Crippen LogP contribution in [0.15, 0.2) is 36.0 Å². The zero-order valence-corrected chi connectivity index (χ0v) is 9.29. The van der Waals surface area contributed by atoms with Crippen molar-refractivity contribution in [3.8, 4) is 0 Å². The Morgan fingerprint density at radius 2 is 2.06 bits per heavy atom. The van der Waals surface area contributed by atoms with E-state index in [1.807, 2.05) is 6.92 Å². The first-order valence-electron chi connectivity index (χ1n) is 4.96. The van der Waals surface area contributed by atoms with E-state index >= 15 is 0 Å². The standard InChI is InChI=1S/C12H14FNO2/c1-3-10(8-12(15)16-2)14-11-6-4-9(13)5-7-11/h4-8,14H,3H2,1-2H3/b10-8+. The summed E-state index contributed by atoms with van der Waals surface area (Å²) in [5.41, 5.74) is 1.46. The Bertz CT molecular complexity index is 385. The molecule has 0 amide bonds. The summed E-state index contributed by atoms with van der Waals surface area (Å²) in [5.74, 6) is -0.702. The molecule has 0 atom stereocenters. The maximum absolute atomic E-state index is 12.7. The van der Waals surface area contributed by atoms with Crippen molar-refractivity contribution in [3.63, 3.8) is 0 Å². The number of carbonyl (C=O) groups is 1. The Morgan fingerprint density at radius 3 is 2.56 bits per heavy atom. The number of rotatable bonds is 4. The van der Waals surface area contributed by atoms with Crippen LogP contribution in [0.2, 0.25) is 0 Å². The monoisotopic (exact) mass is 223 g/mol. The molecule has 0 aliphatic rings. The van der Waals surface area contributed by atoms with Crippen LogP contribution in [0.1, 0.15) is 13.3 Å². The van der Waals surface area contributed by atoms with Gasteiger partial charge in [0.2, 0.25) is 0 Å². The second kappa shape index (κ2) is 5.90. The number of benzene rings is 1. The first-order chi connectivity index (χ1) is 7.65. The van der Waals surface area contributed by atoms with Crippen LogP contribution in [0.3, 0.4) is 0 Å². The molecule has 3 nitrogen and oxygen atoms in total. The minimum atomic E-state index is -0.411. The molecule has 86 valence electrons. The summed E-state index contributed by atoms with van der Waals surface area (Å²) in [7, 11) is 1.32. The topological polar surface area (TPSA) is 38.3 Å². The van der Waals surface area contributed by atoms with E-state index in [1.54, 1.807) is 12.1 Å². The molecule has 0 radical (unpaired) electrons. The highest BCUT2D eigenvalue weighted by atomic mass is 19.1. The van der Waals surface area contributed by atoms with Crippen molar-refractivity contribution < 1.29 is 13.9 Å². The number of halogens is 1. The van der Waals surface area contributed by atoms with Gasteiger partial charge in [0, 0.05) is 17.5 Å². The van der Waals surface area contributed by atoms with E-state index in [4.69, 9.17) is 0 Å².